The van der Waals surface area contributed by atoms with Gasteiger partial charge in [-0.3, -0.25) is 4.79 Å². The SMILES string of the molecule is O=C(O)CCNc1ccc(CF)cc1F. The van der Waals surface area contributed by atoms with Gasteiger partial charge in [-0.25, -0.2) is 8.78 Å². The Balaban J connectivity index is 2.58. The molecule has 0 aliphatic heterocycles. The number of carboxylic acid groups (broad SMARTS) is 1. The number of alkyl halides is 1. The highest BCUT2D eigenvalue weighted by Crippen LogP contribution is 2.16. The van der Waals surface area contributed by atoms with E-state index in [9.17, 15) is 13.6 Å². The van der Waals surface area contributed by atoms with Crippen molar-refractivity contribution in [3.63, 3.8) is 0 Å². The lowest BCUT2D eigenvalue weighted by Crippen LogP contribution is -2.08. The Hall–Kier alpha value is -1.65. The van der Waals surface area contributed by atoms with Crippen molar-refractivity contribution in [2.75, 3.05) is 11.9 Å². The van der Waals surface area contributed by atoms with Gasteiger partial charge in [-0.1, -0.05) is 6.07 Å². The number of carboxylic acids is 1. The number of aliphatic carboxylic acids is 1. The van der Waals surface area contributed by atoms with Gasteiger partial charge in [0.25, 0.3) is 0 Å². The van der Waals surface area contributed by atoms with Crippen LogP contribution in [0.5, 0.6) is 0 Å². The van der Waals surface area contributed by atoms with E-state index in [0.717, 1.165) is 6.07 Å². The summed E-state index contributed by atoms with van der Waals surface area (Å²) >= 11 is 0. The summed E-state index contributed by atoms with van der Waals surface area (Å²) in [5.74, 6) is -1.53. The van der Waals surface area contributed by atoms with Crippen LogP contribution in [0, 0.1) is 5.82 Å². The molecule has 0 heterocycles. The molecule has 0 unspecified atom stereocenters. The zero-order valence-corrected chi connectivity index (χ0v) is 7.96. The lowest BCUT2D eigenvalue weighted by atomic mass is 10.2. The van der Waals surface area contributed by atoms with Crippen LogP contribution in [0.3, 0.4) is 0 Å². The van der Waals surface area contributed by atoms with Gasteiger partial charge in [0.2, 0.25) is 0 Å². The monoisotopic (exact) mass is 215 g/mol. The summed E-state index contributed by atoms with van der Waals surface area (Å²) < 4.78 is 25.3. The first kappa shape index (κ1) is 11.4. The molecule has 3 nitrogen and oxygen atoms in total. The Morgan fingerprint density at radius 2 is 2.20 bits per heavy atom. The normalized spacial score (nSPS) is 10.0. The highest BCUT2D eigenvalue weighted by Gasteiger charge is 2.03. The van der Waals surface area contributed by atoms with Crippen LogP contribution in [0.15, 0.2) is 18.2 Å². The molecular weight excluding hydrogens is 204 g/mol. The van der Waals surface area contributed by atoms with E-state index in [4.69, 9.17) is 5.11 Å². The van der Waals surface area contributed by atoms with Gasteiger partial charge < -0.3 is 10.4 Å². The van der Waals surface area contributed by atoms with Crippen molar-refractivity contribution in [1.82, 2.24) is 0 Å². The number of halogens is 2. The van der Waals surface area contributed by atoms with E-state index in [1.807, 2.05) is 0 Å². The van der Waals surface area contributed by atoms with E-state index in [1.54, 1.807) is 0 Å². The van der Waals surface area contributed by atoms with Gasteiger partial charge in [0.15, 0.2) is 0 Å². The van der Waals surface area contributed by atoms with Gasteiger partial charge in [0.05, 0.1) is 12.1 Å². The molecule has 0 aromatic heterocycles. The number of hydrogen-bond donors (Lipinski definition) is 2. The predicted octanol–water partition coefficient (Wildman–Crippen LogP) is 2.18. The quantitative estimate of drug-likeness (QED) is 0.791. The average molecular weight is 215 g/mol. The zero-order chi connectivity index (χ0) is 11.3. The highest BCUT2D eigenvalue weighted by molar-refractivity contribution is 5.67. The van der Waals surface area contributed by atoms with E-state index in [2.05, 4.69) is 5.32 Å². The topological polar surface area (TPSA) is 49.3 Å². The number of nitrogens with one attached hydrogen (secondary N) is 1. The van der Waals surface area contributed by atoms with Crippen LogP contribution in [-0.2, 0) is 11.5 Å². The number of rotatable bonds is 5. The van der Waals surface area contributed by atoms with E-state index in [-0.39, 0.29) is 24.2 Å². The van der Waals surface area contributed by atoms with Crippen molar-refractivity contribution in [3.8, 4) is 0 Å². The van der Waals surface area contributed by atoms with Crippen LogP contribution in [0.2, 0.25) is 0 Å². The Bertz CT molecular complexity index is 355. The fourth-order valence-electron chi connectivity index (χ4n) is 1.09. The summed E-state index contributed by atoms with van der Waals surface area (Å²) in [6, 6.07) is 3.93. The Morgan fingerprint density at radius 3 is 2.73 bits per heavy atom. The van der Waals surface area contributed by atoms with E-state index in [0.29, 0.717) is 0 Å². The maximum absolute atomic E-state index is 13.2. The van der Waals surface area contributed by atoms with E-state index >= 15 is 0 Å². The fourth-order valence-corrected chi connectivity index (χ4v) is 1.09. The molecule has 2 N–H and O–H groups in total. The molecule has 0 saturated carbocycles. The van der Waals surface area contributed by atoms with Crippen molar-refractivity contribution in [2.45, 2.75) is 13.1 Å². The van der Waals surface area contributed by atoms with Crippen molar-refractivity contribution in [3.05, 3.63) is 29.6 Å². The van der Waals surface area contributed by atoms with Gasteiger partial charge in [0, 0.05) is 6.54 Å². The Morgan fingerprint density at radius 1 is 1.47 bits per heavy atom. The molecule has 1 aromatic carbocycles. The molecule has 5 heteroatoms. The molecule has 15 heavy (non-hydrogen) atoms. The van der Waals surface area contributed by atoms with Gasteiger partial charge in [-0.2, -0.15) is 0 Å². The molecular formula is C10H11F2NO2. The molecule has 0 radical (unpaired) electrons. The summed E-state index contributed by atoms with van der Waals surface area (Å²) in [7, 11) is 0. The minimum absolute atomic E-state index is 0.0930. The van der Waals surface area contributed by atoms with Crippen LogP contribution < -0.4 is 5.32 Å². The number of hydrogen-bond acceptors (Lipinski definition) is 2. The molecule has 0 bridgehead atoms. The van der Waals surface area contributed by atoms with Gasteiger partial charge in [0.1, 0.15) is 12.5 Å². The molecule has 0 atom stereocenters. The summed E-state index contributed by atoms with van der Waals surface area (Å²) in [5.41, 5.74) is 0.449. The standard InChI is InChI=1S/C10H11F2NO2/c11-6-7-1-2-9(8(12)5-7)13-4-3-10(14)15/h1-2,5,13H,3-4,6H2,(H,14,15). The van der Waals surface area contributed by atoms with E-state index < -0.39 is 18.5 Å². The van der Waals surface area contributed by atoms with Crippen LogP contribution >= 0.6 is 0 Å². The average Bonchev–Trinajstić information content (AvgIpc) is 2.20. The molecule has 0 amide bonds. The van der Waals surface area contributed by atoms with Crippen LogP contribution in [0.1, 0.15) is 12.0 Å². The first-order valence-electron chi connectivity index (χ1n) is 4.43. The molecule has 82 valence electrons. The number of benzene rings is 1. The third-order valence-electron chi connectivity index (χ3n) is 1.84. The summed E-state index contributed by atoms with van der Waals surface area (Å²) in [5, 5.41) is 11.0. The number of anilines is 1. The lowest BCUT2D eigenvalue weighted by Gasteiger charge is -2.06. The smallest absolute Gasteiger partial charge is 0.305 e. The Labute approximate surface area is 85.7 Å². The summed E-state index contributed by atoms with van der Waals surface area (Å²) in [6.07, 6.45) is -0.0930. The molecule has 0 aliphatic rings. The number of carbonyl (C=O) groups is 1. The lowest BCUT2D eigenvalue weighted by molar-refractivity contribution is -0.136. The third-order valence-corrected chi connectivity index (χ3v) is 1.84. The van der Waals surface area contributed by atoms with Crippen LogP contribution in [0.4, 0.5) is 14.5 Å². The second kappa shape index (κ2) is 5.29. The second-order valence-corrected chi connectivity index (χ2v) is 3.02. The Kier molecular flexibility index (Phi) is 4.03. The molecule has 1 rings (SSSR count). The van der Waals surface area contributed by atoms with Crippen LogP contribution in [0.25, 0.3) is 0 Å². The van der Waals surface area contributed by atoms with E-state index in [1.165, 1.54) is 12.1 Å². The van der Waals surface area contributed by atoms with Crippen molar-refractivity contribution < 1.29 is 18.7 Å². The summed E-state index contributed by atoms with van der Waals surface area (Å²) in [4.78, 5) is 10.2. The van der Waals surface area contributed by atoms with Crippen molar-refractivity contribution in [1.29, 1.82) is 0 Å². The fraction of sp³-hybridized carbons (Fsp3) is 0.300. The maximum atomic E-state index is 13.2. The minimum atomic E-state index is -0.955. The summed E-state index contributed by atoms with van der Waals surface area (Å²) in [6.45, 7) is -0.576. The first-order chi connectivity index (χ1) is 7.13. The van der Waals surface area contributed by atoms with Gasteiger partial charge in [-0.05, 0) is 17.7 Å². The third kappa shape index (κ3) is 3.53. The van der Waals surface area contributed by atoms with Crippen molar-refractivity contribution in [2.24, 2.45) is 0 Å². The predicted molar refractivity (Wildman–Crippen MR) is 52.0 cm³/mol. The van der Waals surface area contributed by atoms with Crippen molar-refractivity contribution >= 4 is 11.7 Å². The molecule has 0 spiro atoms. The molecule has 0 aliphatic carbocycles. The first-order valence-corrected chi connectivity index (χ1v) is 4.43. The molecule has 0 saturated heterocycles. The van der Waals surface area contributed by atoms with Gasteiger partial charge >= 0.3 is 5.97 Å². The zero-order valence-electron chi connectivity index (χ0n) is 7.96. The maximum Gasteiger partial charge on any atom is 0.305 e. The highest BCUT2D eigenvalue weighted by atomic mass is 19.1. The largest absolute Gasteiger partial charge is 0.481 e. The van der Waals surface area contributed by atoms with Gasteiger partial charge in [-0.15, -0.1) is 0 Å². The minimum Gasteiger partial charge on any atom is -0.481 e. The van der Waals surface area contributed by atoms with Crippen LogP contribution in [-0.4, -0.2) is 17.6 Å². The molecule has 0 fully saturated rings. The second-order valence-electron chi connectivity index (χ2n) is 3.02. The molecule has 1 aromatic rings.